The lowest BCUT2D eigenvalue weighted by molar-refractivity contribution is 0.607. The number of nitrogens with one attached hydrogen (secondary N) is 2. The van der Waals surface area contributed by atoms with Crippen LogP contribution in [0.15, 0.2) is 47.7 Å². The van der Waals surface area contributed by atoms with E-state index in [4.69, 9.17) is 0 Å². The van der Waals surface area contributed by atoms with E-state index in [9.17, 15) is 13.2 Å². The van der Waals surface area contributed by atoms with E-state index in [1.54, 1.807) is 47.3 Å². The van der Waals surface area contributed by atoms with E-state index in [-0.39, 0.29) is 5.56 Å². The normalized spacial score (nSPS) is 11.7. The summed E-state index contributed by atoms with van der Waals surface area (Å²) >= 11 is 0. The summed E-state index contributed by atoms with van der Waals surface area (Å²) in [6.45, 7) is 0. The van der Waals surface area contributed by atoms with E-state index in [1.165, 1.54) is 0 Å². The number of hydrogen-bond donors (Lipinski definition) is 2. The number of imidazole rings is 1. The molecule has 0 amide bonds. The SMILES string of the molecule is CS(=O)(=O)Nc1ccc(-c2cn3cc[nH]c(=O)c3n2)cc1. The third kappa shape index (κ3) is 2.79. The van der Waals surface area contributed by atoms with Crippen LogP contribution in [0.3, 0.4) is 0 Å². The summed E-state index contributed by atoms with van der Waals surface area (Å²) < 4.78 is 26.3. The number of aromatic nitrogens is 3. The third-order valence-electron chi connectivity index (χ3n) is 2.87. The zero-order valence-electron chi connectivity index (χ0n) is 11.1. The van der Waals surface area contributed by atoms with Crippen molar-refractivity contribution in [3.05, 3.63) is 53.2 Å². The summed E-state index contributed by atoms with van der Waals surface area (Å²) in [4.78, 5) is 18.4. The van der Waals surface area contributed by atoms with E-state index in [1.807, 2.05) is 0 Å². The molecule has 3 aromatic rings. The van der Waals surface area contributed by atoms with Gasteiger partial charge in [0.2, 0.25) is 15.7 Å². The highest BCUT2D eigenvalue weighted by Gasteiger charge is 2.07. The number of benzene rings is 1. The number of hydrogen-bond acceptors (Lipinski definition) is 4. The van der Waals surface area contributed by atoms with Crippen LogP contribution in [0.2, 0.25) is 0 Å². The fourth-order valence-corrected chi connectivity index (χ4v) is 2.56. The highest BCUT2D eigenvalue weighted by atomic mass is 32.2. The highest BCUT2D eigenvalue weighted by Crippen LogP contribution is 2.20. The Labute approximate surface area is 120 Å². The number of aromatic amines is 1. The van der Waals surface area contributed by atoms with Crippen molar-refractivity contribution in [2.24, 2.45) is 0 Å². The van der Waals surface area contributed by atoms with Gasteiger partial charge in [0.05, 0.1) is 11.9 Å². The summed E-state index contributed by atoms with van der Waals surface area (Å²) in [5, 5.41) is 0. The smallest absolute Gasteiger partial charge is 0.291 e. The molecule has 2 heterocycles. The first kappa shape index (κ1) is 13.4. The largest absolute Gasteiger partial charge is 0.324 e. The Hall–Kier alpha value is -2.61. The van der Waals surface area contributed by atoms with Crippen LogP contribution >= 0.6 is 0 Å². The number of fused-ring (bicyclic) bond motifs is 1. The molecule has 0 atom stereocenters. The lowest BCUT2D eigenvalue weighted by atomic mass is 10.1. The molecule has 3 rings (SSSR count). The van der Waals surface area contributed by atoms with Crippen LogP contribution in [0.25, 0.3) is 16.9 Å². The molecule has 0 fully saturated rings. The van der Waals surface area contributed by atoms with E-state index >= 15 is 0 Å². The number of nitrogens with zero attached hydrogens (tertiary/aromatic N) is 2. The molecule has 1 aromatic carbocycles. The van der Waals surface area contributed by atoms with Crippen molar-refractivity contribution >= 4 is 21.4 Å². The van der Waals surface area contributed by atoms with Crippen molar-refractivity contribution in [2.75, 3.05) is 11.0 Å². The summed E-state index contributed by atoms with van der Waals surface area (Å²) in [5.41, 5.74) is 1.95. The fourth-order valence-electron chi connectivity index (χ4n) is 2.00. The first-order valence-corrected chi connectivity index (χ1v) is 7.96. The van der Waals surface area contributed by atoms with Gasteiger partial charge in [0, 0.05) is 29.8 Å². The molecule has 0 bridgehead atoms. The van der Waals surface area contributed by atoms with Crippen molar-refractivity contribution in [1.82, 2.24) is 14.4 Å². The van der Waals surface area contributed by atoms with Gasteiger partial charge in [0.25, 0.3) is 5.56 Å². The molecule has 2 N–H and O–H groups in total. The maximum atomic E-state index is 11.6. The predicted octanol–water partition coefficient (Wildman–Crippen LogP) is 1.06. The van der Waals surface area contributed by atoms with Crippen molar-refractivity contribution in [3.8, 4) is 11.3 Å². The highest BCUT2D eigenvalue weighted by molar-refractivity contribution is 7.92. The molecule has 0 unspecified atom stereocenters. The molecule has 0 saturated carbocycles. The molecule has 2 aromatic heterocycles. The summed E-state index contributed by atoms with van der Waals surface area (Å²) in [6, 6.07) is 6.77. The quantitative estimate of drug-likeness (QED) is 0.756. The second-order valence-electron chi connectivity index (χ2n) is 4.60. The van der Waals surface area contributed by atoms with Gasteiger partial charge in [-0.2, -0.15) is 0 Å². The zero-order chi connectivity index (χ0) is 15.0. The molecule has 108 valence electrons. The zero-order valence-corrected chi connectivity index (χ0v) is 11.9. The second-order valence-corrected chi connectivity index (χ2v) is 6.35. The fraction of sp³-hybridized carbons (Fsp3) is 0.0769. The van der Waals surface area contributed by atoms with Gasteiger partial charge in [-0.25, -0.2) is 13.4 Å². The number of H-pyrrole nitrogens is 1. The standard InChI is InChI=1S/C13H12N4O3S/c1-21(19,20)16-10-4-2-9(3-5-10)11-8-17-7-6-14-13(18)12(17)15-11/h2-8,16H,1H3,(H,14,18). The third-order valence-corrected chi connectivity index (χ3v) is 3.48. The second kappa shape index (κ2) is 4.74. The van der Waals surface area contributed by atoms with Crippen molar-refractivity contribution in [2.45, 2.75) is 0 Å². The molecule has 0 aliphatic carbocycles. The molecule has 0 saturated heterocycles. The van der Waals surface area contributed by atoms with E-state index in [0.717, 1.165) is 11.8 Å². The Morgan fingerprint density at radius 3 is 2.57 bits per heavy atom. The minimum absolute atomic E-state index is 0.265. The first-order valence-electron chi connectivity index (χ1n) is 6.07. The van der Waals surface area contributed by atoms with Gasteiger partial charge in [0.15, 0.2) is 0 Å². The molecule has 21 heavy (non-hydrogen) atoms. The van der Waals surface area contributed by atoms with E-state index in [2.05, 4.69) is 14.7 Å². The molecule has 7 nitrogen and oxygen atoms in total. The van der Waals surface area contributed by atoms with Crippen LogP contribution in [0, 0.1) is 0 Å². The minimum Gasteiger partial charge on any atom is -0.324 e. The molecule has 0 aliphatic rings. The van der Waals surface area contributed by atoms with Crippen LogP contribution in [0.1, 0.15) is 0 Å². The Balaban J connectivity index is 1.99. The average Bonchev–Trinajstić information content (AvgIpc) is 2.83. The number of sulfonamides is 1. The van der Waals surface area contributed by atoms with Crippen LogP contribution in [0.4, 0.5) is 5.69 Å². The lowest BCUT2D eigenvalue weighted by Gasteiger charge is -2.04. The lowest BCUT2D eigenvalue weighted by Crippen LogP contribution is -2.09. The van der Waals surface area contributed by atoms with Crippen molar-refractivity contribution in [3.63, 3.8) is 0 Å². The van der Waals surface area contributed by atoms with Gasteiger partial charge in [-0.1, -0.05) is 12.1 Å². The average molecular weight is 304 g/mol. The molecular formula is C13H12N4O3S. The maximum Gasteiger partial charge on any atom is 0.291 e. The summed E-state index contributed by atoms with van der Waals surface area (Å²) in [7, 11) is -3.30. The van der Waals surface area contributed by atoms with Gasteiger partial charge in [0.1, 0.15) is 0 Å². The van der Waals surface area contributed by atoms with Gasteiger partial charge >= 0.3 is 0 Å². The number of anilines is 1. The van der Waals surface area contributed by atoms with Crippen molar-refractivity contribution < 1.29 is 8.42 Å². The topological polar surface area (TPSA) is 96.3 Å². The Morgan fingerprint density at radius 1 is 1.24 bits per heavy atom. The number of rotatable bonds is 3. The van der Waals surface area contributed by atoms with Gasteiger partial charge in [-0.3, -0.25) is 9.52 Å². The molecule has 0 aliphatic heterocycles. The Morgan fingerprint density at radius 2 is 1.95 bits per heavy atom. The molecule has 0 radical (unpaired) electrons. The monoisotopic (exact) mass is 304 g/mol. The minimum atomic E-state index is -3.30. The molecular weight excluding hydrogens is 292 g/mol. The van der Waals surface area contributed by atoms with E-state index < -0.39 is 10.0 Å². The summed E-state index contributed by atoms with van der Waals surface area (Å²) in [6.07, 6.45) is 6.08. The first-order chi connectivity index (χ1) is 9.92. The van der Waals surface area contributed by atoms with Gasteiger partial charge < -0.3 is 9.38 Å². The Bertz CT molecular complexity index is 955. The Kier molecular flexibility index (Phi) is 3.02. The summed E-state index contributed by atoms with van der Waals surface area (Å²) in [5.74, 6) is 0. The molecule has 8 heteroatoms. The van der Waals surface area contributed by atoms with Crippen LogP contribution in [0.5, 0.6) is 0 Å². The van der Waals surface area contributed by atoms with E-state index in [0.29, 0.717) is 17.0 Å². The van der Waals surface area contributed by atoms with Crippen LogP contribution in [-0.4, -0.2) is 29.0 Å². The van der Waals surface area contributed by atoms with Crippen molar-refractivity contribution in [1.29, 1.82) is 0 Å². The van der Waals surface area contributed by atoms with Crippen LogP contribution < -0.4 is 10.3 Å². The van der Waals surface area contributed by atoms with Crippen LogP contribution in [-0.2, 0) is 10.0 Å². The van der Waals surface area contributed by atoms with Gasteiger partial charge in [-0.05, 0) is 12.1 Å². The predicted molar refractivity (Wildman–Crippen MR) is 79.7 cm³/mol. The molecule has 0 spiro atoms. The maximum absolute atomic E-state index is 11.6. The van der Waals surface area contributed by atoms with Gasteiger partial charge in [-0.15, -0.1) is 0 Å².